The van der Waals surface area contributed by atoms with Gasteiger partial charge in [0.25, 0.3) is 0 Å². The first-order chi connectivity index (χ1) is 10.0. The summed E-state index contributed by atoms with van der Waals surface area (Å²) in [5, 5.41) is 4.26. The third-order valence-electron chi connectivity index (χ3n) is 4.39. The quantitative estimate of drug-likeness (QED) is 0.873. The summed E-state index contributed by atoms with van der Waals surface area (Å²) in [4.78, 5) is 14.1. The monoisotopic (exact) mass is 308 g/mol. The highest BCUT2D eigenvalue weighted by atomic mass is 35.5. The maximum atomic E-state index is 12.2. The zero-order valence-electron chi connectivity index (χ0n) is 13.1. The standard InChI is InChI=1S/C17H25ClN2O/c1-4-20(5-2)17(21)12(3)19-16-10-14(11-16)13-7-6-8-15(18)9-13/h6-9,12,14,16,19H,4-5,10-11H2,1-3H3. The molecule has 1 fully saturated rings. The van der Waals surface area contributed by atoms with Gasteiger partial charge in [0, 0.05) is 24.2 Å². The van der Waals surface area contributed by atoms with E-state index in [4.69, 9.17) is 11.6 Å². The molecule has 1 aliphatic rings. The maximum Gasteiger partial charge on any atom is 0.239 e. The fraction of sp³-hybridized carbons (Fsp3) is 0.588. The second-order valence-electron chi connectivity index (χ2n) is 5.82. The van der Waals surface area contributed by atoms with E-state index < -0.39 is 0 Å². The number of carbonyl (C=O) groups excluding carboxylic acids is 1. The van der Waals surface area contributed by atoms with Crippen molar-refractivity contribution < 1.29 is 4.79 Å². The van der Waals surface area contributed by atoms with Gasteiger partial charge >= 0.3 is 0 Å². The fourth-order valence-electron chi connectivity index (χ4n) is 3.02. The van der Waals surface area contributed by atoms with Crippen LogP contribution in [0, 0.1) is 0 Å². The first-order valence-electron chi connectivity index (χ1n) is 7.85. The predicted octanol–water partition coefficient (Wildman–Crippen LogP) is 3.43. The number of benzene rings is 1. The van der Waals surface area contributed by atoms with Gasteiger partial charge in [-0.1, -0.05) is 23.7 Å². The highest BCUT2D eigenvalue weighted by molar-refractivity contribution is 6.30. The Bertz CT molecular complexity index is 481. The number of hydrogen-bond acceptors (Lipinski definition) is 2. The lowest BCUT2D eigenvalue weighted by molar-refractivity contribution is -0.133. The first kappa shape index (κ1) is 16.3. The van der Waals surface area contributed by atoms with Gasteiger partial charge in [-0.2, -0.15) is 0 Å². The molecule has 0 aliphatic heterocycles. The van der Waals surface area contributed by atoms with E-state index in [2.05, 4.69) is 11.4 Å². The summed E-state index contributed by atoms with van der Waals surface area (Å²) in [5.74, 6) is 0.767. The Hall–Kier alpha value is -1.06. The molecular formula is C17H25ClN2O. The molecule has 21 heavy (non-hydrogen) atoms. The number of likely N-dealkylation sites (N-methyl/N-ethyl adjacent to an activating group) is 1. The van der Waals surface area contributed by atoms with E-state index >= 15 is 0 Å². The van der Waals surface area contributed by atoms with Gasteiger partial charge in [-0.15, -0.1) is 0 Å². The second-order valence-corrected chi connectivity index (χ2v) is 6.26. The van der Waals surface area contributed by atoms with E-state index in [0.29, 0.717) is 12.0 Å². The van der Waals surface area contributed by atoms with Crippen LogP contribution in [0.5, 0.6) is 0 Å². The topological polar surface area (TPSA) is 32.3 Å². The van der Waals surface area contributed by atoms with Crippen LogP contribution in [0.1, 0.15) is 45.1 Å². The molecule has 1 N–H and O–H groups in total. The maximum absolute atomic E-state index is 12.2. The van der Waals surface area contributed by atoms with E-state index in [1.54, 1.807) is 0 Å². The van der Waals surface area contributed by atoms with Gasteiger partial charge in [-0.3, -0.25) is 4.79 Å². The SMILES string of the molecule is CCN(CC)C(=O)C(C)NC1CC(c2cccc(Cl)c2)C1. The van der Waals surface area contributed by atoms with Gasteiger partial charge in [0.1, 0.15) is 0 Å². The Labute approximate surface area is 132 Å². The molecule has 1 atom stereocenters. The van der Waals surface area contributed by atoms with Crippen molar-refractivity contribution in [2.45, 2.75) is 51.6 Å². The predicted molar refractivity (Wildman–Crippen MR) is 87.7 cm³/mol. The van der Waals surface area contributed by atoms with Crippen LogP contribution in [0.3, 0.4) is 0 Å². The number of nitrogens with one attached hydrogen (secondary N) is 1. The molecule has 0 bridgehead atoms. The Morgan fingerprint density at radius 3 is 2.62 bits per heavy atom. The van der Waals surface area contributed by atoms with E-state index in [1.807, 2.05) is 43.9 Å². The number of nitrogens with zero attached hydrogens (tertiary/aromatic N) is 1. The molecule has 0 radical (unpaired) electrons. The van der Waals surface area contributed by atoms with Crippen LogP contribution < -0.4 is 5.32 Å². The first-order valence-corrected chi connectivity index (χ1v) is 8.23. The number of halogens is 1. The van der Waals surface area contributed by atoms with Crippen molar-refractivity contribution in [2.24, 2.45) is 0 Å². The molecule has 116 valence electrons. The van der Waals surface area contributed by atoms with Gasteiger partial charge in [0.2, 0.25) is 5.91 Å². The largest absolute Gasteiger partial charge is 0.342 e. The lowest BCUT2D eigenvalue weighted by atomic mass is 9.75. The van der Waals surface area contributed by atoms with Crippen molar-refractivity contribution in [3.05, 3.63) is 34.9 Å². The van der Waals surface area contributed by atoms with E-state index in [1.165, 1.54) is 5.56 Å². The Morgan fingerprint density at radius 2 is 2.05 bits per heavy atom. The summed E-state index contributed by atoms with van der Waals surface area (Å²) in [6.45, 7) is 7.56. The minimum Gasteiger partial charge on any atom is -0.342 e. The van der Waals surface area contributed by atoms with Crippen LogP contribution in [0.25, 0.3) is 0 Å². The minimum atomic E-state index is -0.102. The average molecular weight is 309 g/mol. The molecule has 1 aromatic rings. The zero-order valence-corrected chi connectivity index (χ0v) is 13.9. The van der Waals surface area contributed by atoms with E-state index in [9.17, 15) is 4.79 Å². The van der Waals surface area contributed by atoms with Crippen LogP contribution in [0.4, 0.5) is 0 Å². The molecule has 1 amide bonds. The number of hydrogen-bond donors (Lipinski definition) is 1. The molecule has 0 aromatic heterocycles. The third kappa shape index (κ3) is 3.98. The van der Waals surface area contributed by atoms with Crippen LogP contribution >= 0.6 is 11.6 Å². The summed E-state index contributed by atoms with van der Waals surface area (Å²) >= 11 is 6.03. The molecule has 3 nitrogen and oxygen atoms in total. The van der Waals surface area contributed by atoms with Crippen molar-refractivity contribution in [2.75, 3.05) is 13.1 Å². The van der Waals surface area contributed by atoms with Crippen LogP contribution in [-0.4, -0.2) is 36.0 Å². The molecule has 1 unspecified atom stereocenters. The van der Waals surface area contributed by atoms with Crippen molar-refractivity contribution in [3.63, 3.8) is 0 Å². The third-order valence-corrected chi connectivity index (χ3v) is 4.62. The van der Waals surface area contributed by atoms with Crippen LogP contribution in [0.15, 0.2) is 24.3 Å². The summed E-state index contributed by atoms with van der Waals surface area (Å²) in [5.41, 5.74) is 1.31. The fourth-order valence-corrected chi connectivity index (χ4v) is 3.22. The summed E-state index contributed by atoms with van der Waals surface area (Å²) in [7, 11) is 0. The van der Waals surface area contributed by atoms with Crippen molar-refractivity contribution in [1.82, 2.24) is 10.2 Å². The highest BCUT2D eigenvalue weighted by Gasteiger charge is 2.32. The zero-order chi connectivity index (χ0) is 15.4. The molecule has 2 rings (SSSR count). The Morgan fingerprint density at radius 1 is 1.38 bits per heavy atom. The lowest BCUT2D eigenvalue weighted by Gasteiger charge is -2.38. The normalized spacial score (nSPS) is 22.5. The molecule has 0 heterocycles. The number of carbonyl (C=O) groups is 1. The summed E-state index contributed by atoms with van der Waals surface area (Å²) in [6, 6.07) is 8.43. The van der Waals surface area contributed by atoms with Crippen molar-refractivity contribution >= 4 is 17.5 Å². The Balaban J connectivity index is 1.81. The second kappa shape index (κ2) is 7.28. The van der Waals surface area contributed by atoms with Gasteiger partial charge in [0.05, 0.1) is 6.04 Å². The number of rotatable bonds is 6. The minimum absolute atomic E-state index is 0.102. The van der Waals surface area contributed by atoms with Crippen LogP contribution in [0.2, 0.25) is 5.02 Å². The summed E-state index contributed by atoms with van der Waals surface area (Å²) < 4.78 is 0. The molecule has 0 saturated heterocycles. The van der Waals surface area contributed by atoms with Crippen LogP contribution in [-0.2, 0) is 4.79 Å². The molecule has 1 aromatic carbocycles. The smallest absolute Gasteiger partial charge is 0.239 e. The average Bonchev–Trinajstić information content (AvgIpc) is 2.43. The molecule has 4 heteroatoms. The van der Waals surface area contributed by atoms with Crippen molar-refractivity contribution in [1.29, 1.82) is 0 Å². The van der Waals surface area contributed by atoms with Gasteiger partial charge in [-0.05, 0) is 57.2 Å². The molecule has 0 spiro atoms. The molecule has 1 saturated carbocycles. The molecule has 1 aliphatic carbocycles. The summed E-state index contributed by atoms with van der Waals surface area (Å²) in [6.07, 6.45) is 2.16. The lowest BCUT2D eigenvalue weighted by Crippen LogP contribution is -2.51. The van der Waals surface area contributed by atoms with Gasteiger partial charge in [-0.25, -0.2) is 0 Å². The van der Waals surface area contributed by atoms with Gasteiger partial charge < -0.3 is 10.2 Å². The Kier molecular flexibility index (Phi) is 5.65. The number of amides is 1. The van der Waals surface area contributed by atoms with Crippen molar-refractivity contribution in [3.8, 4) is 0 Å². The van der Waals surface area contributed by atoms with Gasteiger partial charge in [0.15, 0.2) is 0 Å². The highest BCUT2D eigenvalue weighted by Crippen LogP contribution is 2.37. The van der Waals surface area contributed by atoms with E-state index in [0.717, 1.165) is 31.0 Å². The van der Waals surface area contributed by atoms with E-state index in [-0.39, 0.29) is 11.9 Å². The molecular weight excluding hydrogens is 284 g/mol.